The van der Waals surface area contributed by atoms with Crippen LogP contribution in [0.25, 0.3) is 0 Å². The van der Waals surface area contributed by atoms with E-state index in [2.05, 4.69) is 62.0 Å². The van der Waals surface area contributed by atoms with E-state index in [0.29, 0.717) is 0 Å². The summed E-state index contributed by atoms with van der Waals surface area (Å²) in [5.74, 6) is 1.74. The first-order chi connectivity index (χ1) is 23.2. The van der Waals surface area contributed by atoms with Crippen LogP contribution in [0.5, 0.6) is 11.5 Å². The van der Waals surface area contributed by atoms with Crippen LogP contribution in [0.2, 0.25) is 0 Å². The molecule has 1 aromatic carbocycles. The molecule has 0 aliphatic carbocycles. The summed E-state index contributed by atoms with van der Waals surface area (Å²) in [5.41, 5.74) is 0. The van der Waals surface area contributed by atoms with Gasteiger partial charge in [0.15, 0.2) is 24.0 Å². The number of fused-ring (bicyclic) bond motifs is 1. The number of hydrogen-bond donors (Lipinski definition) is 0. The molecular weight excluding hydrogens is 580 g/mol. The molecule has 0 spiro atoms. The van der Waals surface area contributed by atoms with E-state index in [1.807, 2.05) is 0 Å². The number of benzene rings is 1. The fraction of sp³-hybridized carbons (Fsp3) is 0.857. The quantitative estimate of drug-likeness (QED) is 0.0925. The van der Waals surface area contributed by atoms with Gasteiger partial charge in [0, 0.05) is 39.1 Å². The van der Waals surface area contributed by atoms with E-state index < -0.39 is 0 Å². The zero-order chi connectivity index (χ0) is 33.6. The van der Waals surface area contributed by atoms with Crippen molar-refractivity contribution in [2.24, 2.45) is 0 Å². The third-order valence-electron chi connectivity index (χ3n) is 10.1. The van der Waals surface area contributed by atoms with Crippen LogP contribution < -0.4 is 9.47 Å². The summed E-state index contributed by atoms with van der Waals surface area (Å²) in [6.45, 7) is 8.32. The zero-order valence-electron chi connectivity index (χ0n) is 31.8. The minimum Gasteiger partial charge on any atom is -0.471 e. The Bertz CT molecular complexity index is 756. The molecule has 2 atom stereocenters. The van der Waals surface area contributed by atoms with E-state index in [9.17, 15) is 0 Å². The number of para-hydroxylation sites is 2. The average Bonchev–Trinajstić information content (AvgIpc) is 3.10. The first kappa shape index (κ1) is 41.9. The van der Waals surface area contributed by atoms with Gasteiger partial charge in [-0.15, -0.1) is 0 Å². The monoisotopic (exact) mass is 659 g/mol. The van der Waals surface area contributed by atoms with Crippen LogP contribution >= 0.6 is 0 Å². The number of ether oxygens (including phenoxy) is 3. The molecule has 1 heterocycles. The van der Waals surface area contributed by atoms with Crippen molar-refractivity contribution in [3.8, 4) is 11.5 Å². The summed E-state index contributed by atoms with van der Waals surface area (Å²) >= 11 is 0. The second-order valence-electron chi connectivity index (χ2n) is 14.5. The van der Waals surface area contributed by atoms with E-state index in [0.717, 1.165) is 63.5 Å². The number of nitrogens with zero attached hydrogens (tertiary/aromatic N) is 2. The van der Waals surface area contributed by atoms with Crippen LogP contribution in [0, 0.1) is 0 Å². The summed E-state index contributed by atoms with van der Waals surface area (Å²) < 4.78 is 19.6. The highest BCUT2D eigenvalue weighted by molar-refractivity contribution is 5.39. The lowest BCUT2D eigenvalue weighted by molar-refractivity contribution is 0.0154. The molecule has 2 rings (SSSR count). The Labute approximate surface area is 292 Å². The van der Waals surface area contributed by atoms with Crippen LogP contribution in [0.3, 0.4) is 0 Å². The Morgan fingerprint density at radius 2 is 0.809 bits per heavy atom. The van der Waals surface area contributed by atoms with Crippen molar-refractivity contribution in [1.82, 2.24) is 9.80 Å². The van der Waals surface area contributed by atoms with Gasteiger partial charge in [-0.3, -0.25) is 9.80 Å². The predicted octanol–water partition coefficient (Wildman–Crippen LogP) is 12.2. The van der Waals surface area contributed by atoms with Gasteiger partial charge in [-0.05, 0) is 51.9 Å². The standard InChI is InChI=1S/C42H78N2O3/c1-5-7-9-11-13-15-17-19-21-23-27-35-43(3)41-33-29-37-45-38-30-34-42(47-40-32-26-25-31-39(40)46-41)44(4)36-28-24-22-20-18-16-14-12-10-8-6-2/h25-26,31-32,41-42H,5-24,27-30,33-38H2,1-4H3. The Morgan fingerprint density at radius 1 is 0.489 bits per heavy atom. The average molecular weight is 659 g/mol. The van der Waals surface area contributed by atoms with Gasteiger partial charge in [0.1, 0.15) is 0 Å². The first-order valence-corrected chi connectivity index (χ1v) is 20.6. The van der Waals surface area contributed by atoms with Crippen molar-refractivity contribution in [2.45, 2.75) is 193 Å². The van der Waals surface area contributed by atoms with Gasteiger partial charge in [0.25, 0.3) is 0 Å². The van der Waals surface area contributed by atoms with E-state index in [-0.39, 0.29) is 12.5 Å². The summed E-state index contributed by atoms with van der Waals surface area (Å²) in [5, 5.41) is 0. The van der Waals surface area contributed by atoms with E-state index in [1.165, 1.54) is 141 Å². The molecular formula is C42H78N2O3. The smallest absolute Gasteiger partial charge is 0.163 e. The van der Waals surface area contributed by atoms with Crippen LogP contribution in [0.15, 0.2) is 24.3 Å². The van der Waals surface area contributed by atoms with Gasteiger partial charge in [0.05, 0.1) is 0 Å². The largest absolute Gasteiger partial charge is 0.471 e. The maximum absolute atomic E-state index is 6.75. The van der Waals surface area contributed by atoms with Crippen molar-refractivity contribution >= 4 is 0 Å². The molecule has 1 aliphatic rings. The van der Waals surface area contributed by atoms with Gasteiger partial charge >= 0.3 is 0 Å². The summed E-state index contributed by atoms with van der Waals surface area (Å²) in [6, 6.07) is 8.34. The van der Waals surface area contributed by atoms with Crippen LogP contribution in [0.1, 0.15) is 181 Å². The minimum atomic E-state index is 0.0275. The van der Waals surface area contributed by atoms with Crippen molar-refractivity contribution in [1.29, 1.82) is 0 Å². The Kier molecular flexibility index (Phi) is 26.4. The lowest BCUT2D eigenvalue weighted by Crippen LogP contribution is -2.38. The zero-order valence-corrected chi connectivity index (χ0v) is 31.8. The van der Waals surface area contributed by atoms with Crippen LogP contribution in [-0.4, -0.2) is 62.7 Å². The molecule has 47 heavy (non-hydrogen) atoms. The molecule has 0 aromatic heterocycles. The fourth-order valence-corrected chi connectivity index (χ4v) is 6.84. The molecule has 0 saturated heterocycles. The summed E-state index contributed by atoms with van der Waals surface area (Å²) in [6.07, 6.45) is 34.2. The van der Waals surface area contributed by atoms with Crippen molar-refractivity contribution in [3.05, 3.63) is 24.3 Å². The van der Waals surface area contributed by atoms with Crippen LogP contribution in [-0.2, 0) is 4.74 Å². The molecule has 1 aliphatic heterocycles. The molecule has 274 valence electrons. The predicted molar refractivity (Wildman–Crippen MR) is 203 cm³/mol. The van der Waals surface area contributed by atoms with Gasteiger partial charge in [0.2, 0.25) is 0 Å². The lowest BCUT2D eigenvalue weighted by Gasteiger charge is -2.31. The molecule has 0 radical (unpaired) electrons. The molecule has 0 amide bonds. The Hall–Kier alpha value is -1.30. The normalized spacial score (nSPS) is 17.8. The minimum absolute atomic E-state index is 0.0275. The lowest BCUT2D eigenvalue weighted by atomic mass is 10.1. The van der Waals surface area contributed by atoms with Gasteiger partial charge in [-0.2, -0.15) is 0 Å². The third-order valence-corrected chi connectivity index (χ3v) is 10.1. The van der Waals surface area contributed by atoms with E-state index in [4.69, 9.17) is 14.2 Å². The number of hydrogen-bond acceptors (Lipinski definition) is 5. The van der Waals surface area contributed by atoms with Crippen molar-refractivity contribution in [3.63, 3.8) is 0 Å². The molecule has 5 nitrogen and oxygen atoms in total. The number of rotatable bonds is 26. The summed E-state index contributed by atoms with van der Waals surface area (Å²) in [7, 11) is 4.46. The topological polar surface area (TPSA) is 34.2 Å². The Morgan fingerprint density at radius 3 is 1.15 bits per heavy atom. The van der Waals surface area contributed by atoms with Gasteiger partial charge in [-0.1, -0.05) is 154 Å². The fourth-order valence-electron chi connectivity index (χ4n) is 6.84. The van der Waals surface area contributed by atoms with Crippen molar-refractivity contribution in [2.75, 3.05) is 40.4 Å². The second-order valence-corrected chi connectivity index (χ2v) is 14.5. The molecule has 2 unspecified atom stereocenters. The molecule has 5 heteroatoms. The maximum Gasteiger partial charge on any atom is 0.163 e. The molecule has 0 N–H and O–H groups in total. The van der Waals surface area contributed by atoms with Crippen LogP contribution in [0.4, 0.5) is 0 Å². The van der Waals surface area contributed by atoms with Gasteiger partial charge < -0.3 is 14.2 Å². The maximum atomic E-state index is 6.75. The van der Waals surface area contributed by atoms with E-state index in [1.54, 1.807) is 0 Å². The third kappa shape index (κ3) is 21.4. The SMILES string of the molecule is CCCCCCCCCCCCCN(C)C1CCCOCCCC(N(C)CCCCCCCCCCCCC)Oc2ccccc2O1. The summed E-state index contributed by atoms with van der Waals surface area (Å²) in [4.78, 5) is 4.83. The second kappa shape index (κ2) is 29.6. The highest BCUT2D eigenvalue weighted by Crippen LogP contribution is 2.31. The molecule has 1 aromatic rings. The molecule has 0 fully saturated rings. The molecule has 0 saturated carbocycles. The van der Waals surface area contributed by atoms with E-state index >= 15 is 0 Å². The highest BCUT2D eigenvalue weighted by Gasteiger charge is 2.22. The Balaban J connectivity index is 1.78. The number of unbranched alkanes of at least 4 members (excludes halogenated alkanes) is 20. The van der Waals surface area contributed by atoms with Crippen molar-refractivity contribution < 1.29 is 14.2 Å². The van der Waals surface area contributed by atoms with Gasteiger partial charge in [-0.25, -0.2) is 0 Å². The first-order valence-electron chi connectivity index (χ1n) is 20.6. The highest BCUT2D eigenvalue weighted by atomic mass is 16.5. The molecule has 0 bridgehead atoms.